The van der Waals surface area contributed by atoms with Crippen molar-refractivity contribution in [1.82, 2.24) is 0 Å². The summed E-state index contributed by atoms with van der Waals surface area (Å²) in [4.78, 5) is 0. The molecule has 0 aromatic rings. The van der Waals surface area contributed by atoms with E-state index in [1.165, 1.54) is 168 Å². The highest BCUT2D eigenvalue weighted by molar-refractivity contribution is 5.14. The molecule has 0 aliphatic heterocycles. The van der Waals surface area contributed by atoms with Crippen LogP contribution in [0.1, 0.15) is 436 Å². The Labute approximate surface area is 652 Å². The van der Waals surface area contributed by atoms with Gasteiger partial charge in [0.25, 0.3) is 0 Å². The molecule has 0 spiro atoms. The molecule has 2 nitrogen and oxygen atoms in total. The summed E-state index contributed by atoms with van der Waals surface area (Å²) in [6, 6.07) is 0. The van der Waals surface area contributed by atoms with E-state index in [1.54, 1.807) is 141 Å². The minimum atomic E-state index is -0.0498. The van der Waals surface area contributed by atoms with E-state index in [0.717, 1.165) is 120 Å². The predicted molar refractivity (Wildman–Crippen MR) is 454 cm³/mol. The van der Waals surface area contributed by atoms with Crippen LogP contribution in [0.5, 0.6) is 0 Å². The molecule has 21 aliphatic carbocycles. The lowest BCUT2D eigenvalue weighted by Gasteiger charge is -2.62. The molecule has 21 rings (SSSR count). The molecule has 0 amide bonds. The molecule has 21 aliphatic rings. The molecule has 21 saturated carbocycles. The lowest BCUT2D eigenvalue weighted by Crippen LogP contribution is -2.57. The van der Waals surface area contributed by atoms with Crippen molar-refractivity contribution in [3.8, 4) is 0 Å². The first-order valence-electron chi connectivity index (χ1n) is 49.3. The van der Waals surface area contributed by atoms with Crippen molar-refractivity contribution < 1.29 is 10.2 Å². The van der Waals surface area contributed by atoms with Gasteiger partial charge in [-0.1, -0.05) is 211 Å². The van der Waals surface area contributed by atoms with Crippen LogP contribution in [0.25, 0.3) is 0 Å². The van der Waals surface area contributed by atoms with Gasteiger partial charge in [-0.3, -0.25) is 0 Å². The first-order chi connectivity index (χ1) is 50.0. The van der Waals surface area contributed by atoms with E-state index in [2.05, 4.69) is 83.1 Å². The Hall–Kier alpha value is -0.0800. The second-order valence-corrected chi connectivity index (χ2v) is 42.9. The fourth-order valence-corrected chi connectivity index (χ4v) is 33.6. The van der Waals surface area contributed by atoms with Gasteiger partial charge in [-0.05, 0) is 423 Å². The summed E-state index contributed by atoms with van der Waals surface area (Å²) in [5, 5.41) is 21.2. The summed E-state index contributed by atoms with van der Waals surface area (Å²) in [5.74, 6) is 28.8. The van der Waals surface area contributed by atoms with Gasteiger partial charge in [-0.2, -0.15) is 0 Å². The Morgan fingerprint density at radius 1 is 0.231 bits per heavy atom. The third-order valence-corrected chi connectivity index (χ3v) is 39.6. The first kappa shape index (κ1) is 87.9. The molecule has 2 heteroatoms. The summed E-state index contributed by atoms with van der Waals surface area (Å²) in [6.45, 7) is 54.6. The Morgan fingerprint density at radius 3 is 1.04 bits per heavy atom. The van der Waals surface area contributed by atoms with Crippen molar-refractivity contribution in [2.45, 2.75) is 448 Å². The zero-order valence-electron chi connectivity index (χ0n) is 74.9. The topological polar surface area (TPSA) is 40.5 Å². The van der Waals surface area contributed by atoms with Gasteiger partial charge in [0.05, 0.1) is 12.2 Å². The monoisotopic (exact) mass is 1450 g/mol. The normalized spacial score (nSPS) is 52.7. The van der Waals surface area contributed by atoms with Gasteiger partial charge in [-0.15, -0.1) is 0 Å². The van der Waals surface area contributed by atoms with Crippen molar-refractivity contribution in [2.75, 3.05) is 0 Å². The number of rotatable bonds is 0. The maximum atomic E-state index is 11.1. The maximum Gasteiger partial charge on any atom is 0.0602 e. The summed E-state index contributed by atoms with van der Waals surface area (Å²) in [6.07, 6.45) is 62.6. The SMILES string of the molecule is C1C2CC3CC1CC(C2)C3.C1CC2C3CCC(C3)C2C1.C1CC2CCC1C2.CC.CC.CC.CC.CC.CC.CC1CCC2(C)C(CCC3C2CC(O)C2(C)C(C)CCC32)C1.CC1CCC2(C)C(CCC3C4CCC(C)C4(C)CCC32)C1.CC1CCC2C3CCC4CC(O)CCC4(C)C3CC(C)C12C. The highest BCUT2D eigenvalue weighted by Gasteiger charge is 2.65. The van der Waals surface area contributed by atoms with Crippen LogP contribution < -0.4 is 0 Å². The molecule has 608 valence electrons. The van der Waals surface area contributed by atoms with Crippen LogP contribution in [0.4, 0.5) is 0 Å². The number of aliphatic hydroxyl groups excluding tert-OH is 2. The Morgan fingerprint density at radius 2 is 0.587 bits per heavy atom. The fraction of sp³-hybridized carbons (Fsp3) is 1.00. The second kappa shape index (κ2) is 37.9. The molecule has 8 bridgehead atoms. The fourth-order valence-electron chi connectivity index (χ4n) is 33.6. The largest absolute Gasteiger partial charge is 0.393 e. The van der Waals surface area contributed by atoms with E-state index in [-0.39, 0.29) is 17.6 Å². The minimum absolute atomic E-state index is 0.00703. The van der Waals surface area contributed by atoms with Gasteiger partial charge < -0.3 is 10.2 Å². The van der Waals surface area contributed by atoms with Crippen LogP contribution >= 0.6 is 0 Å². The Bertz CT molecular complexity index is 2320. The van der Waals surface area contributed by atoms with Crippen LogP contribution in [0.15, 0.2) is 0 Å². The Kier molecular flexibility index (Phi) is 32.0. The second-order valence-electron chi connectivity index (χ2n) is 42.9. The smallest absolute Gasteiger partial charge is 0.0602 e. The summed E-state index contributed by atoms with van der Waals surface area (Å²) in [5.41, 5.74) is 3.30. The molecule has 30 atom stereocenters. The van der Waals surface area contributed by atoms with Gasteiger partial charge in [0.15, 0.2) is 0 Å². The van der Waals surface area contributed by atoms with Crippen LogP contribution in [0.2, 0.25) is 0 Å². The van der Waals surface area contributed by atoms with E-state index in [4.69, 9.17) is 0 Å². The third kappa shape index (κ3) is 17.0. The standard InChI is InChI=1S/2C21H36O.C21H36.2C10H16.C7H12.6C2H6/c1-13-9-10-20(3)15(11-13)6-7-16-17-8-5-14(2)21(17,4)19(22)12-18(16)20;1-13-5-8-18-17-7-6-15-12-16(22)9-10-20(15,3)19(17)11-14(2)21(13,18)4;1-14-9-11-21(4)16(13-14)6-7-17-18-8-5-15(2)20(18,3)12-10-19(17)21;1-7-2-9-4-8(1)5-10(3-7)6-9;1-2-9-7-4-5-8(6-7)10(9)3-1;1-2-7-4-3-6(1)5-7;6*1-2/h2*13-19,22H,5-12H2,1-4H3;14-19H,5-13H2,1-4H3;2*7-10H,1-6H2;6-7H,1-5H2;6*1-2H3. The van der Waals surface area contributed by atoms with Gasteiger partial charge in [0, 0.05) is 0 Å². The molecule has 0 radical (unpaired) electrons. The number of fused-ring (bicyclic) bond motifs is 22. The summed E-state index contributed by atoms with van der Waals surface area (Å²) >= 11 is 0. The van der Waals surface area contributed by atoms with Crippen LogP contribution in [0, 0.1) is 198 Å². The van der Waals surface area contributed by atoms with E-state index < -0.39 is 0 Å². The van der Waals surface area contributed by atoms with Crippen molar-refractivity contribution >= 4 is 0 Å². The lowest BCUT2D eigenvalue weighted by molar-refractivity contribution is -0.165. The zero-order valence-corrected chi connectivity index (χ0v) is 74.9. The predicted octanol–water partition coefficient (Wildman–Crippen LogP) is 30.9. The van der Waals surface area contributed by atoms with Gasteiger partial charge in [0.1, 0.15) is 0 Å². The van der Waals surface area contributed by atoms with Crippen molar-refractivity contribution in [3.05, 3.63) is 0 Å². The molecule has 0 saturated heterocycles. The first-order valence-corrected chi connectivity index (χ1v) is 49.3. The molecule has 30 unspecified atom stereocenters. The van der Waals surface area contributed by atoms with Crippen LogP contribution in [-0.2, 0) is 0 Å². The minimum Gasteiger partial charge on any atom is -0.393 e. The van der Waals surface area contributed by atoms with Crippen molar-refractivity contribution in [1.29, 1.82) is 0 Å². The number of hydrogen-bond acceptors (Lipinski definition) is 2. The van der Waals surface area contributed by atoms with Crippen LogP contribution in [-0.4, -0.2) is 22.4 Å². The van der Waals surface area contributed by atoms with E-state index in [0.29, 0.717) is 33.0 Å². The molecular formula is C102H188O2. The molecule has 0 aromatic heterocycles. The number of aliphatic hydroxyl groups is 2. The molecular weight excluding hydrogens is 1260 g/mol. The van der Waals surface area contributed by atoms with Crippen molar-refractivity contribution in [2.24, 2.45) is 198 Å². The highest BCUT2D eigenvalue weighted by Crippen LogP contribution is 2.72. The van der Waals surface area contributed by atoms with Gasteiger partial charge in [0.2, 0.25) is 0 Å². The van der Waals surface area contributed by atoms with Crippen molar-refractivity contribution in [3.63, 3.8) is 0 Å². The maximum absolute atomic E-state index is 11.1. The number of hydrogen-bond donors (Lipinski definition) is 2. The van der Waals surface area contributed by atoms with Gasteiger partial charge >= 0.3 is 0 Å². The third-order valence-electron chi connectivity index (χ3n) is 39.6. The highest BCUT2D eigenvalue weighted by atomic mass is 16.3. The molecule has 0 heterocycles. The quantitative estimate of drug-likeness (QED) is 0.254. The van der Waals surface area contributed by atoms with E-state index in [9.17, 15) is 10.2 Å². The van der Waals surface area contributed by atoms with Crippen LogP contribution in [0.3, 0.4) is 0 Å². The average molecular weight is 1450 g/mol. The van der Waals surface area contributed by atoms with Gasteiger partial charge in [-0.25, -0.2) is 0 Å². The summed E-state index contributed by atoms with van der Waals surface area (Å²) in [7, 11) is 0. The average Bonchev–Trinajstić information content (AvgIpc) is 1.38. The molecule has 0 aromatic carbocycles. The zero-order chi connectivity index (χ0) is 76.0. The molecule has 104 heavy (non-hydrogen) atoms. The molecule has 21 fully saturated rings. The Balaban J connectivity index is 0.000000145. The van der Waals surface area contributed by atoms with E-state index in [1.807, 2.05) is 83.1 Å². The molecule has 2 N–H and O–H groups in total. The summed E-state index contributed by atoms with van der Waals surface area (Å²) < 4.78 is 0. The van der Waals surface area contributed by atoms with E-state index >= 15 is 0 Å². The lowest BCUT2D eigenvalue weighted by atomic mass is 9.43.